The molecule has 1 aliphatic rings. The molecule has 0 spiro atoms. The predicted molar refractivity (Wildman–Crippen MR) is 71.4 cm³/mol. The van der Waals surface area contributed by atoms with Crippen LogP contribution in [0.25, 0.3) is 6.08 Å². The van der Waals surface area contributed by atoms with E-state index in [1.807, 2.05) is 0 Å². The molecule has 0 saturated carbocycles. The molecule has 1 aromatic rings. The molecule has 1 aliphatic carbocycles. The number of nitrogens with one attached hydrogen (secondary N) is 1. The first-order chi connectivity index (χ1) is 7.85. The molecule has 1 N–H and O–H groups in total. The van der Waals surface area contributed by atoms with Gasteiger partial charge in [-0.1, -0.05) is 12.2 Å². The van der Waals surface area contributed by atoms with E-state index in [4.69, 9.17) is 0 Å². The molecule has 0 saturated heterocycles. The van der Waals surface area contributed by atoms with Crippen LogP contribution in [0.4, 0.5) is 0 Å². The Bertz CT molecular complexity index is 424. The molecular formula is C13H17N3. The minimum atomic E-state index is 0.674. The number of nitrogens with zero attached hydrogens (tertiary/aromatic N) is 2. The number of aliphatic imine (C=N–C) groups is 2. The van der Waals surface area contributed by atoms with Crippen LogP contribution < -0.4 is 0 Å². The number of aromatic amines is 1. The van der Waals surface area contributed by atoms with Crippen molar-refractivity contribution in [3.8, 4) is 0 Å². The van der Waals surface area contributed by atoms with Crippen LogP contribution in [-0.4, -0.2) is 24.6 Å². The van der Waals surface area contributed by atoms with Crippen molar-refractivity contribution in [2.45, 2.75) is 12.8 Å². The Balaban J connectivity index is 0.000000606. The fourth-order valence-corrected chi connectivity index (χ4v) is 1.70. The summed E-state index contributed by atoms with van der Waals surface area (Å²) in [5.74, 6) is 0.674. The van der Waals surface area contributed by atoms with Gasteiger partial charge in [-0.2, -0.15) is 0 Å². The summed E-state index contributed by atoms with van der Waals surface area (Å²) in [5, 5.41) is 0. The van der Waals surface area contributed by atoms with Gasteiger partial charge in [0.2, 0.25) is 0 Å². The van der Waals surface area contributed by atoms with Gasteiger partial charge in [-0.15, -0.1) is 13.2 Å². The Hall–Kier alpha value is -1.90. The van der Waals surface area contributed by atoms with Gasteiger partial charge >= 0.3 is 0 Å². The molecule has 0 atom stereocenters. The number of fused-ring (bicyclic) bond motifs is 1. The summed E-state index contributed by atoms with van der Waals surface area (Å²) >= 11 is 0. The van der Waals surface area contributed by atoms with Gasteiger partial charge in [0.1, 0.15) is 0 Å². The standard InChI is InChI=1S/C11H13N3.C2H4/c1-12-11(13-2)10-7-8-5-3-4-6-9(8)14-10;1-2/h3,5,7,14H,1,4,6H2,2H3;1-2H2. The van der Waals surface area contributed by atoms with Gasteiger partial charge in [0, 0.05) is 12.7 Å². The van der Waals surface area contributed by atoms with E-state index in [-0.39, 0.29) is 0 Å². The molecule has 1 heterocycles. The molecule has 0 radical (unpaired) electrons. The summed E-state index contributed by atoms with van der Waals surface area (Å²) in [4.78, 5) is 11.2. The second-order valence-electron chi connectivity index (χ2n) is 3.26. The largest absolute Gasteiger partial charge is 0.355 e. The van der Waals surface area contributed by atoms with E-state index in [1.165, 1.54) is 11.3 Å². The maximum absolute atomic E-state index is 4.05. The number of aryl methyl sites for hydroxylation is 1. The van der Waals surface area contributed by atoms with Crippen LogP contribution >= 0.6 is 0 Å². The summed E-state index contributed by atoms with van der Waals surface area (Å²) in [5.41, 5.74) is 3.47. The molecule has 3 heteroatoms. The van der Waals surface area contributed by atoms with Crippen molar-refractivity contribution in [2.24, 2.45) is 9.98 Å². The van der Waals surface area contributed by atoms with Crippen molar-refractivity contribution in [3.63, 3.8) is 0 Å². The lowest BCUT2D eigenvalue weighted by Gasteiger charge is -2.02. The van der Waals surface area contributed by atoms with Crippen molar-refractivity contribution in [1.82, 2.24) is 4.98 Å². The third-order valence-electron chi connectivity index (χ3n) is 2.39. The molecule has 3 nitrogen and oxygen atoms in total. The molecule has 84 valence electrons. The van der Waals surface area contributed by atoms with Crippen LogP contribution in [0, 0.1) is 0 Å². The van der Waals surface area contributed by atoms with Crippen LogP contribution in [0.2, 0.25) is 0 Å². The number of allylic oxidation sites excluding steroid dienone is 1. The van der Waals surface area contributed by atoms with Crippen LogP contribution in [0.5, 0.6) is 0 Å². The summed E-state index contributed by atoms with van der Waals surface area (Å²) in [6, 6.07) is 2.07. The molecule has 0 unspecified atom stereocenters. The third-order valence-corrected chi connectivity index (χ3v) is 2.39. The minimum Gasteiger partial charge on any atom is -0.355 e. The quantitative estimate of drug-likeness (QED) is 0.425. The van der Waals surface area contributed by atoms with E-state index >= 15 is 0 Å². The average molecular weight is 215 g/mol. The Morgan fingerprint density at radius 2 is 2.19 bits per heavy atom. The zero-order valence-electron chi connectivity index (χ0n) is 9.66. The fraction of sp³-hybridized carbons (Fsp3) is 0.231. The Kier molecular flexibility index (Phi) is 4.45. The summed E-state index contributed by atoms with van der Waals surface area (Å²) in [6.45, 7) is 9.50. The second kappa shape index (κ2) is 5.85. The molecule has 0 fully saturated rings. The fourth-order valence-electron chi connectivity index (χ4n) is 1.70. The van der Waals surface area contributed by atoms with E-state index in [0.717, 1.165) is 18.5 Å². The molecule has 0 bridgehead atoms. The Morgan fingerprint density at radius 1 is 1.44 bits per heavy atom. The average Bonchev–Trinajstić information content (AvgIpc) is 2.76. The van der Waals surface area contributed by atoms with Gasteiger partial charge in [0.05, 0.1) is 5.69 Å². The second-order valence-corrected chi connectivity index (χ2v) is 3.26. The van der Waals surface area contributed by atoms with Crippen LogP contribution in [-0.2, 0) is 6.42 Å². The first-order valence-corrected chi connectivity index (χ1v) is 5.17. The van der Waals surface area contributed by atoms with E-state index in [0.29, 0.717) is 5.84 Å². The first-order valence-electron chi connectivity index (χ1n) is 5.17. The smallest absolute Gasteiger partial charge is 0.170 e. The van der Waals surface area contributed by atoms with Gasteiger partial charge < -0.3 is 4.98 Å². The van der Waals surface area contributed by atoms with Gasteiger partial charge in [-0.25, -0.2) is 4.99 Å². The molecule has 16 heavy (non-hydrogen) atoms. The number of hydrogen-bond donors (Lipinski definition) is 1. The van der Waals surface area contributed by atoms with Gasteiger partial charge in [0.25, 0.3) is 0 Å². The summed E-state index contributed by atoms with van der Waals surface area (Å²) in [7, 11) is 1.72. The first kappa shape index (κ1) is 12.2. The van der Waals surface area contributed by atoms with Crippen molar-refractivity contribution in [3.05, 3.63) is 42.3 Å². The van der Waals surface area contributed by atoms with E-state index in [2.05, 4.69) is 53.1 Å². The highest BCUT2D eigenvalue weighted by Crippen LogP contribution is 2.20. The molecule has 0 amide bonds. The Labute approximate surface area is 96.3 Å². The highest BCUT2D eigenvalue weighted by molar-refractivity contribution is 6.00. The maximum Gasteiger partial charge on any atom is 0.170 e. The lowest BCUT2D eigenvalue weighted by atomic mass is 10.1. The predicted octanol–water partition coefficient (Wildman–Crippen LogP) is 2.85. The monoisotopic (exact) mass is 215 g/mol. The normalized spacial score (nSPS) is 13.7. The maximum atomic E-state index is 4.05. The number of aromatic nitrogens is 1. The number of H-pyrrole nitrogens is 1. The molecule has 1 aromatic heterocycles. The molecule has 0 aliphatic heterocycles. The van der Waals surface area contributed by atoms with Crippen LogP contribution in [0.3, 0.4) is 0 Å². The van der Waals surface area contributed by atoms with Gasteiger partial charge in [-0.05, 0) is 31.2 Å². The highest BCUT2D eigenvalue weighted by atomic mass is 14.9. The van der Waals surface area contributed by atoms with Crippen LogP contribution in [0.1, 0.15) is 23.4 Å². The molecule has 2 rings (SSSR count). The molecule has 0 aromatic carbocycles. The van der Waals surface area contributed by atoms with Crippen molar-refractivity contribution in [2.75, 3.05) is 7.05 Å². The highest BCUT2D eigenvalue weighted by Gasteiger charge is 2.10. The zero-order chi connectivity index (χ0) is 12.0. The zero-order valence-corrected chi connectivity index (χ0v) is 9.66. The topological polar surface area (TPSA) is 40.5 Å². The van der Waals surface area contributed by atoms with E-state index < -0.39 is 0 Å². The van der Waals surface area contributed by atoms with Crippen LogP contribution in [0.15, 0.2) is 35.3 Å². The summed E-state index contributed by atoms with van der Waals surface area (Å²) < 4.78 is 0. The lowest BCUT2D eigenvalue weighted by molar-refractivity contribution is 0.943. The minimum absolute atomic E-state index is 0.674. The lowest BCUT2D eigenvalue weighted by Crippen LogP contribution is -1.97. The number of rotatable bonds is 1. The summed E-state index contributed by atoms with van der Waals surface area (Å²) in [6.07, 6.45) is 6.49. The Morgan fingerprint density at radius 3 is 2.75 bits per heavy atom. The SMILES string of the molecule is C=C.C=NC(=NC)c1cc2c([nH]1)CCC=C2. The van der Waals surface area contributed by atoms with Crippen molar-refractivity contribution in [1.29, 1.82) is 0 Å². The number of hydrogen-bond acceptors (Lipinski definition) is 1. The van der Waals surface area contributed by atoms with Gasteiger partial charge in [-0.3, -0.25) is 4.99 Å². The van der Waals surface area contributed by atoms with E-state index in [9.17, 15) is 0 Å². The van der Waals surface area contributed by atoms with Crippen molar-refractivity contribution < 1.29 is 0 Å². The van der Waals surface area contributed by atoms with Gasteiger partial charge in [0.15, 0.2) is 5.84 Å². The third kappa shape index (κ3) is 2.37. The van der Waals surface area contributed by atoms with E-state index in [1.54, 1.807) is 7.05 Å². The molecular weight excluding hydrogens is 198 g/mol. The van der Waals surface area contributed by atoms with Crippen molar-refractivity contribution >= 4 is 18.6 Å². The number of amidine groups is 1.